The van der Waals surface area contributed by atoms with Gasteiger partial charge in [0.2, 0.25) is 0 Å². The minimum atomic E-state index is -3.06. The second-order valence-electron chi connectivity index (χ2n) is 4.53. The smallest absolute Gasteiger partial charge is 0.319 e. The minimum Gasteiger partial charge on any atom is -0.337 e. The van der Waals surface area contributed by atoms with Crippen LogP contribution in [0.15, 0.2) is 18.2 Å². The van der Waals surface area contributed by atoms with Crippen molar-refractivity contribution in [2.45, 2.75) is 13.8 Å². The number of hydrogen-bond acceptors (Lipinski definition) is 5. The fourth-order valence-electron chi connectivity index (χ4n) is 1.76. The monoisotopic (exact) mass is 327 g/mol. The molecule has 0 bridgehead atoms. The van der Waals surface area contributed by atoms with Gasteiger partial charge in [0, 0.05) is 18.0 Å². The topological polar surface area (TPSA) is 88.2 Å². The van der Waals surface area contributed by atoms with Crippen LogP contribution in [0, 0.1) is 6.92 Å². The van der Waals surface area contributed by atoms with Crippen molar-refractivity contribution in [3.05, 3.63) is 23.2 Å². The van der Waals surface area contributed by atoms with Gasteiger partial charge in [0.05, 0.1) is 21.0 Å². The lowest BCUT2D eigenvalue weighted by Gasteiger charge is -2.07. The van der Waals surface area contributed by atoms with Crippen LogP contribution in [0.25, 0.3) is 10.2 Å². The Bertz CT molecular complexity index is 753. The van der Waals surface area contributed by atoms with Gasteiger partial charge in [-0.25, -0.2) is 18.2 Å². The van der Waals surface area contributed by atoms with Gasteiger partial charge in [-0.05, 0) is 25.1 Å². The summed E-state index contributed by atoms with van der Waals surface area (Å²) in [5.41, 5.74) is 1.56. The maximum atomic E-state index is 11.7. The van der Waals surface area contributed by atoms with E-state index in [1.807, 2.05) is 19.1 Å². The Morgan fingerprint density at radius 1 is 1.38 bits per heavy atom. The molecule has 0 saturated carbocycles. The van der Waals surface area contributed by atoms with E-state index < -0.39 is 15.9 Å². The lowest BCUT2D eigenvalue weighted by Crippen LogP contribution is -2.33. The summed E-state index contributed by atoms with van der Waals surface area (Å²) in [6.07, 6.45) is 0. The Kier molecular flexibility index (Phi) is 4.79. The molecule has 0 radical (unpaired) electrons. The Morgan fingerprint density at radius 2 is 2.14 bits per heavy atom. The second-order valence-corrected chi connectivity index (χ2v) is 8.24. The maximum absolute atomic E-state index is 11.7. The van der Waals surface area contributed by atoms with Crippen LogP contribution in [-0.4, -0.2) is 37.5 Å². The minimum absolute atomic E-state index is 0.0516. The van der Waals surface area contributed by atoms with Gasteiger partial charge in [-0.2, -0.15) is 0 Å². The molecule has 114 valence electrons. The Balaban J connectivity index is 1.92. The number of carbonyl (C=O) groups is 1. The first-order chi connectivity index (χ1) is 9.89. The van der Waals surface area contributed by atoms with E-state index in [9.17, 15) is 13.2 Å². The van der Waals surface area contributed by atoms with Crippen LogP contribution in [0.1, 0.15) is 11.9 Å². The largest absolute Gasteiger partial charge is 0.337 e. The molecule has 6 nitrogen and oxygen atoms in total. The number of aryl methyl sites for hydroxylation is 1. The molecule has 0 fully saturated rings. The van der Waals surface area contributed by atoms with Gasteiger partial charge >= 0.3 is 6.03 Å². The van der Waals surface area contributed by atoms with E-state index in [0.29, 0.717) is 5.69 Å². The molecule has 2 aromatic rings. The second kappa shape index (κ2) is 6.40. The molecule has 2 amide bonds. The van der Waals surface area contributed by atoms with Crippen LogP contribution in [0.4, 0.5) is 10.5 Å². The Hall–Kier alpha value is -1.67. The Labute approximate surface area is 127 Å². The summed E-state index contributed by atoms with van der Waals surface area (Å²) < 4.78 is 23.6. The third kappa shape index (κ3) is 4.40. The van der Waals surface area contributed by atoms with E-state index >= 15 is 0 Å². The molecule has 8 heteroatoms. The third-order valence-electron chi connectivity index (χ3n) is 2.89. The standard InChI is InChI=1S/C13H17N3O3S2/c1-3-21(18,19)7-6-14-13(17)16-10-4-5-11-12(8-10)20-9(2)15-11/h4-5,8H,3,6-7H2,1-2H3,(H2,14,16,17). The van der Waals surface area contributed by atoms with Gasteiger partial charge in [-0.3, -0.25) is 0 Å². The van der Waals surface area contributed by atoms with Crippen LogP contribution in [-0.2, 0) is 9.84 Å². The number of rotatable bonds is 5. The van der Waals surface area contributed by atoms with Gasteiger partial charge in [0.1, 0.15) is 0 Å². The van der Waals surface area contributed by atoms with Crippen LogP contribution in [0.3, 0.4) is 0 Å². The predicted molar refractivity (Wildman–Crippen MR) is 85.7 cm³/mol. The highest BCUT2D eigenvalue weighted by Crippen LogP contribution is 2.24. The van der Waals surface area contributed by atoms with Crippen molar-refractivity contribution in [1.82, 2.24) is 10.3 Å². The first kappa shape index (κ1) is 15.7. The van der Waals surface area contributed by atoms with Crippen molar-refractivity contribution in [1.29, 1.82) is 0 Å². The Morgan fingerprint density at radius 3 is 2.86 bits per heavy atom. The summed E-state index contributed by atoms with van der Waals surface area (Å²) in [6.45, 7) is 3.62. The molecule has 0 aliphatic rings. The normalized spacial score (nSPS) is 11.5. The predicted octanol–water partition coefficient (Wildman–Crippen LogP) is 2.16. The fourth-order valence-corrected chi connectivity index (χ4v) is 3.33. The zero-order valence-corrected chi connectivity index (χ0v) is 13.5. The summed E-state index contributed by atoms with van der Waals surface area (Å²) in [4.78, 5) is 16.0. The molecular formula is C13H17N3O3S2. The van der Waals surface area contributed by atoms with Crippen molar-refractivity contribution in [2.24, 2.45) is 0 Å². The number of hydrogen-bond donors (Lipinski definition) is 2. The number of anilines is 1. The van der Waals surface area contributed by atoms with Gasteiger partial charge in [0.25, 0.3) is 0 Å². The number of carbonyl (C=O) groups excluding carboxylic acids is 1. The maximum Gasteiger partial charge on any atom is 0.319 e. The molecule has 1 aromatic heterocycles. The molecule has 0 aliphatic heterocycles. The summed E-state index contributed by atoms with van der Waals surface area (Å²) in [7, 11) is -3.06. The van der Waals surface area contributed by atoms with Gasteiger partial charge < -0.3 is 10.6 Å². The molecular weight excluding hydrogens is 310 g/mol. The van der Waals surface area contributed by atoms with Crippen molar-refractivity contribution in [3.8, 4) is 0 Å². The van der Waals surface area contributed by atoms with E-state index in [1.54, 1.807) is 24.3 Å². The molecule has 0 atom stereocenters. The molecule has 0 saturated heterocycles. The average molecular weight is 327 g/mol. The van der Waals surface area contributed by atoms with Crippen LogP contribution < -0.4 is 10.6 Å². The van der Waals surface area contributed by atoms with Crippen LogP contribution in [0.5, 0.6) is 0 Å². The number of fused-ring (bicyclic) bond motifs is 1. The molecule has 2 N–H and O–H groups in total. The van der Waals surface area contributed by atoms with Crippen LogP contribution >= 0.6 is 11.3 Å². The molecule has 0 aliphatic carbocycles. The number of nitrogens with one attached hydrogen (secondary N) is 2. The van der Waals surface area contributed by atoms with Crippen LogP contribution in [0.2, 0.25) is 0 Å². The van der Waals surface area contributed by atoms with Gasteiger partial charge in [0.15, 0.2) is 9.84 Å². The lowest BCUT2D eigenvalue weighted by molar-refractivity contribution is 0.252. The SMILES string of the molecule is CCS(=O)(=O)CCNC(=O)Nc1ccc2nc(C)sc2c1. The zero-order chi connectivity index (χ0) is 15.5. The molecule has 21 heavy (non-hydrogen) atoms. The number of nitrogens with zero attached hydrogens (tertiary/aromatic N) is 1. The zero-order valence-electron chi connectivity index (χ0n) is 11.8. The first-order valence-electron chi connectivity index (χ1n) is 6.52. The van der Waals surface area contributed by atoms with E-state index in [0.717, 1.165) is 15.2 Å². The molecule has 2 rings (SSSR count). The summed E-state index contributed by atoms with van der Waals surface area (Å²) in [6, 6.07) is 5.05. The fraction of sp³-hybridized carbons (Fsp3) is 0.385. The summed E-state index contributed by atoms with van der Waals surface area (Å²) >= 11 is 1.56. The van der Waals surface area contributed by atoms with E-state index in [2.05, 4.69) is 15.6 Å². The highest BCUT2D eigenvalue weighted by atomic mass is 32.2. The molecule has 1 heterocycles. The quantitative estimate of drug-likeness (QED) is 0.881. The van der Waals surface area contributed by atoms with E-state index in [-0.39, 0.29) is 18.1 Å². The van der Waals surface area contributed by atoms with E-state index in [4.69, 9.17) is 0 Å². The third-order valence-corrected chi connectivity index (χ3v) is 5.53. The molecule has 0 unspecified atom stereocenters. The van der Waals surface area contributed by atoms with Crippen molar-refractivity contribution >= 4 is 43.1 Å². The van der Waals surface area contributed by atoms with Gasteiger partial charge in [-0.1, -0.05) is 6.92 Å². The van der Waals surface area contributed by atoms with Crippen molar-refractivity contribution < 1.29 is 13.2 Å². The summed E-state index contributed by atoms with van der Waals surface area (Å²) in [5, 5.41) is 6.18. The van der Waals surface area contributed by atoms with Gasteiger partial charge in [-0.15, -0.1) is 11.3 Å². The van der Waals surface area contributed by atoms with E-state index in [1.165, 1.54) is 0 Å². The number of amides is 2. The lowest BCUT2D eigenvalue weighted by atomic mass is 10.3. The molecule has 0 spiro atoms. The number of aromatic nitrogens is 1. The number of thiazole rings is 1. The summed E-state index contributed by atoms with van der Waals surface area (Å²) in [5.74, 6) is 0.0295. The first-order valence-corrected chi connectivity index (χ1v) is 9.16. The number of sulfone groups is 1. The average Bonchev–Trinajstić information content (AvgIpc) is 2.78. The highest BCUT2D eigenvalue weighted by molar-refractivity contribution is 7.91. The molecule has 1 aromatic carbocycles. The highest BCUT2D eigenvalue weighted by Gasteiger charge is 2.09. The number of urea groups is 1. The number of benzene rings is 1. The van der Waals surface area contributed by atoms with Crippen molar-refractivity contribution in [3.63, 3.8) is 0 Å². The van der Waals surface area contributed by atoms with Crippen molar-refractivity contribution in [2.75, 3.05) is 23.4 Å².